The van der Waals surface area contributed by atoms with Crippen LogP contribution in [0.2, 0.25) is 0 Å². The van der Waals surface area contributed by atoms with Gasteiger partial charge in [-0.3, -0.25) is 0 Å². The summed E-state index contributed by atoms with van der Waals surface area (Å²) in [7, 11) is 0. The van der Waals surface area contributed by atoms with Crippen LogP contribution in [0.25, 0.3) is 0 Å². The van der Waals surface area contributed by atoms with Crippen LogP contribution in [-0.4, -0.2) is 31.5 Å². The molecule has 3 saturated heterocycles. The molecule has 0 bridgehead atoms. The van der Waals surface area contributed by atoms with Gasteiger partial charge in [-0.1, -0.05) is 20.8 Å². The molecule has 3 heteroatoms. The van der Waals surface area contributed by atoms with Crippen LogP contribution in [0.15, 0.2) is 0 Å². The fourth-order valence-corrected chi connectivity index (χ4v) is 3.01. The quantitative estimate of drug-likeness (QED) is 0.694. The van der Waals surface area contributed by atoms with E-state index in [1.54, 1.807) is 0 Å². The highest BCUT2D eigenvalue weighted by Gasteiger charge is 2.65. The molecule has 0 saturated carbocycles. The summed E-state index contributed by atoms with van der Waals surface area (Å²) in [6.07, 6.45) is 1.36. The van der Waals surface area contributed by atoms with E-state index in [9.17, 15) is 0 Å². The second-order valence-electron chi connectivity index (χ2n) is 5.31. The molecule has 5 atom stereocenters. The van der Waals surface area contributed by atoms with Crippen molar-refractivity contribution in [2.75, 3.05) is 19.8 Å². The van der Waals surface area contributed by atoms with Crippen molar-refractivity contribution >= 4 is 0 Å². The first-order valence-electron chi connectivity index (χ1n) is 5.92. The Labute approximate surface area is 91.1 Å². The molecular weight excluding hydrogens is 192 g/mol. The van der Waals surface area contributed by atoms with E-state index in [2.05, 4.69) is 20.8 Å². The van der Waals surface area contributed by atoms with Gasteiger partial charge in [0, 0.05) is 17.8 Å². The van der Waals surface area contributed by atoms with Gasteiger partial charge in [-0.05, 0) is 0 Å². The molecular formula is C12H19O3. The highest BCUT2D eigenvalue weighted by Crippen LogP contribution is 2.54. The summed E-state index contributed by atoms with van der Waals surface area (Å²) in [5.74, 6) is 1.66. The zero-order valence-electron chi connectivity index (χ0n) is 9.66. The summed E-state index contributed by atoms with van der Waals surface area (Å²) in [6, 6.07) is 0. The zero-order chi connectivity index (χ0) is 10.6. The van der Waals surface area contributed by atoms with E-state index in [1.807, 2.05) is 0 Å². The summed E-state index contributed by atoms with van der Waals surface area (Å²) in [6.45, 7) is 9.22. The number of hydrogen-bond acceptors (Lipinski definition) is 3. The molecule has 3 nitrogen and oxygen atoms in total. The van der Waals surface area contributed by atoms with Crippen LogP contribution in [0.1, 0.15) is 20.8 Å². The van der Waals surface area contributed by atoms with Crippen LogP contribution < -0.4 is 0 Å². The molecule has 3 aliphatic rings. The maximum Gasteiger partial charge on any atom is 0.137 e. The summed E-state index contributed by atoms with van der Waals surface area (Å²) in [4.78, 5) is 0. The summed E-state index contributed by atoms with van der Waals surface area (Å²) in [5, 5.41) is 0. The Balaban J connectivity index is 1.82. The highest BCUT2D eigenvalue weighted by molar-refractivity contribution is 5.21. The van der Waals surface area contributed by atoms with Gasteiger partial charge in [0.05, 0.1) is 25.9 Å². The van der Waals surface area contributed by atoms with E-state index in [1.165, 1.54) is 0 Å². The van der Waals surface area contributed by atoms with Crippen LogP contribution in [-0.2, 0) is 14.2 Å². The lowest BCUT2D eigenvalue weighted by Crippen LogP contribution is -2.72. The van der Waals surface area contributed by atoms with E-state index in [4.69, 9.17) is 14.2 Å². The average molecular weight is 211 g/mol. The predicted molar refractivity (Wildman–Crippen MR) is 55.1 cm³/mol. The molecule has 0 spiro atoms. The third kappa shape index (κ3) is 1.12. The Bertz CT molecular complexity index is 248. The number of rotatable bonds is 2. The Kier molecular flexibility index (Phi) is 2.14. The van der Waals surface area contributed by atoms with Crippen molar-refractivity contribution in [2.45, 2.75) is 32.5 Å². The molecule has 3 rings (SSSR count). The summed E-state index contributed by atoms with van der Waals surface area (Å²) in [5.41, 5.74) is -0.213. The standard InChI is InChI=1S/C12H19O3/c1-7-4-13-10(7)12(9(3)6-15-12)11-8(2)5-14-11/h7-10H,4-6H2,1-3H3. The zero-order valence-corrected chi connectivity index (χ0v) is 9.66. The van der Waals surface area contributed by atoms with Gasteiger partial charge < -0.3 is 14.2 Å². The van der Waals surface area contributed by atoms with Crippen molar-refractivity contribution in [1.82, 2.24) is 0 Å². The monoisotopic (exact) mass is 211 g/mol. The van der Waals surface area contributed by atoms with Crippen molar-refractivity contribution in [3.63, 3.8) is 0 Å². The molecule has 0 N–H and O–H groups in total. The molecule has 0 aromatic heterocycles. The van der Waals surface area contributed by atoms with Crippen LogP contribution in [0.4, 0.5) is 0 Å². The van der Waals surface area contributed by atoms with Crippen molar-refractivity contribution < 1.29 is 14.2 Å². The molecule has 15 heavy (non-hydrogen) atoms. The minimum atomic E-state index is -0.213. The van der Waals surface area contributed by atoms with Gasteiger partial charge in [0.25, 0.3) is 0 Å². The molecule has 85 valence electrons. The first kappa shape index (κ1) is 10.1. The van der Waals surface area contributed by atoms with E-state index in [-0.39, 0.29) is 11.7 Å². The van der Waals surface area contributed by atoms with Gasteiger partial charge in [-0.25, -0.2) is 0 Å². The van der Waals surface area contributed by atoms with Crippen LogP contribution in [0.3, 0.4) is 0 Å². The molecule has 3 fully saturated rings. The number of hydrogen-bond donors (Lipinski definition) is 0. The first-order valence-corrected chi connectivity index (χ1v) is 5.92. The van der Waals surface area contributed by atoms with E-state index in [0.29, 0.717) is 17.8 Å². The Morgan fingerprint density at radius 2 is 1.93 bits per heavy atom. The maximum absolute atomic E-state index is 5.89. The molecule has 0 amide bonds. The molecule has 0 aliphatic carbocycles. The molecule has 0 aromatic carbocycles. The van der Waals surface area contributed by atoms with Crippen LogP contribution in [0.5, 0.6) is 0 Å². The van der Waals surface area contributed by atoms with Crippen molar-refractivity contribution in [2.24, 2.45) is 17.8 Å². The van der Waals surface area contributed by atoms with Crippen LogP contribution >= 0.6 is 0 Å². The van der Waals surface area contributed by atoms with E-state index >= 15 is 0 Å². The van der Waals surface area contributed by atoms with Gasteiger partial charge in [-0.2, -0.15) is 0 Å². The lowest BCUT2D eigenvalue weighted by Gasteiger charge is -2.62. The van der Waals surface area contributed by atoms with E-state index < -0.39 is 0 Å². The fourth-order valence-electron chi connectivity index (χ4n) is 3.01. The predicted octanol–water partition coefficient (Wildman–Crippen LogP) is 1.62. The Morgan fingerprint density at radius 3 is 2.13 bits per heavy atom. The Hall–Kier alpha value is -0.120. The largest absolute Gasteiger partial charge is 0.374 e. The molecule has 5 unspecified atom stereocenters. The maximum atomic E-state index is 5.89. The smallest absolute Gasteiger partial charge is 0.137 e. The molecule has 3 aliphatic heterocycles. The second-order valence-corrected chi connectivity index (χ2v) is 5.31. The van der Waals surface area contributed by atoms with Gasteiger partial charge in [-0.15, -0.1) is 0 Å². The molecule has 0 aromatic rings. The second kappa shape index (κ2) is 3.19. The Morgan fingerprint density at radius 1 is 1.13 bits per heavy atom. The van der Waals surface area contributed by atoms with Crippen molar-refractivity contribution in [3.05, 3.63) is 6.10 Å². The summed E-state index contributed by atoms with van der Waals surface area (Å²) < 4.78 is 17.2. The molecule has 1 radical (unpaired) electrons. The van der Waals surface area contributed by atoms with Crippen molar-refractivity contribution in [3.8, 4) is 0 Å². The topological polar surface area (TPSA) is 27.7 Å². The first-order chi connectivity index (χ1) is 7.16. The third-order valence-corrected chi connectivity index (χ3v) is 4.10. The summed E-state index contributed by atoms with van der Waals surface area (Å²) >= 11 is 0. The van der Waals surface area contributed by atoms with Crippen molar-refractivity contribution in [1.29, 1.82) is 0 Å². The van der Waals surface area contributed by atoms with Gasteiger partial charge in [0.15, 0.2) is 0 Å². The minimum absolute atomic E-state index is 0.213. The van der Waals surface area contributed by atoms with Gasteiger partial charge >= 0.3 is 0 Å². The fraction of sp³-hybridized carbons (Fsp3) is 0.917. The molecule has 3 heterocycles. The van der Waals surface area contributed by atoms with Gasteiger partial charge in [0.2, 0.25) is 0 Å². The van der Waals surface area contributed by atoms with Gasteiger partial charge in [0.1, 0.15) is 11.7 Å². The SMILES string of the molecule is CC1CO[C]1C1(C2OCC2C)OCC1C. The lowest BCUT2D eigenvalue weighted by molar-refractivity contribution is -0.333. The lowest BCUT2D eigenvalue weighted by atomic mass is 9.65. The number of ether oxygens (including phenoxy) is 3. The normalized spacial score (nSPS) is 55.4. The minimum Gasteiger partial charge on any atom is -0.374 e. The average Bonchev–Trinajstić information content (AvgIpc) is 2.21. The van der Waals surface area contributed by atoms with Crippen LogP contribution in [0, 0.1) is 23.9 Å². The van der Waals surface area contributed by atoms with E-state index in [0.717, 1.165) is 25.9 Å². The third-order valence-electron chi connectivity index (χ3n) is 4.10. The highest BCUT2D eigenvalue weighted by atomic mass is 16.6.